The van der Waals surface area contributed by atoms with Crippen molar-refractivity contribution < 1.29 is 17.9 Å². The van der Waals surface area contributed by atoms with Crippen molar-refractivity contribution in [1.82, 2.24) is 9.88 Å². The lowest BCUT2D eigenvalue weighted by Crippen LogP contribution is -2.40. The fraction of sp³-hybridized carbons (Fsp3) is 0.444. The molecule has 0 atom stereocenters. The number of amides is 1. The highest BCUT2D eigenvalue weighted by atomic mass is 35.7. The molecule has 1 amide bonds. The Morgan fingerprint density at radius 3 is 2.59 bits per heavy atom. The van der Waals surface area contributed by atoms with Gasteiger partial charge in [-0.15, -0.1) is 0 Å². The van der Waals surface area contributed by atoms with E-state index in [1.165, 1.54) is 12.3 Å². The van der Waals surface area contributed by atoms with Crippen LogP contribution in [0.25, 0.3) is 0 Å². The molecule has 17 heavy (non-hydrogen) atoms. The Hall–Kier alpha value is -1.05. The minimum absolute atomic E-state index is 0.101. The third-order valence-corrected chi connectivity index (χ3v) is 3.80. The number of morpholine rings is 1. The van der Waals surface area contributed by atoms with Crippen molar-refractivity contribution in [3.8, 4) is 0 Å². The van der Waals surface area contributed by atoms with Crippen LogP contribution in [0.5, 0.6) is 0 Å². The number of rotatable bonds is 2. The Bertz CT molecular complexity index is 519. The molecule has 6 nitrogen and oxygen atoms in total. The van der Waals surface area contributed by atoms with Crippen molar-refractivity contribution in [2.75, 3.05) is 26.3 Å². The number of hydrogen-bond acceptors (Lipinski definition) is 4. The van der Waals surface area contributed by atoms with E-state index in [2.05, 4.69) is 4.98 Å². The SMILES string of the molecule is O=C(c1cc(S(=O)(=O)Cl)c[nH]1)N1CCOCC1. The number of ether oxygens (including phenoxy) is 1. The number of nitrogens with one attached hydrogen (secondary N) is 1. The molecule has 1 saturated heterocycles. The van der Waals surface area contributed by atoms with Crippen molar-refractivity contribution in [2.45, 2.75) is 4.90 Å². The van der Waals surface area contributed by atoms with E-state index in [1.807, 2.05) is 0 Å². The maximum atomic E-state index is 11.9. The highest BCUT2D eigenvalue weighted by Crippen LogP contribution is 2.17. The average Bonchev–Trinajstić information content (AvgIpc) is 2.78. The summed E-state index contributed by atoms with van der Waals surface area (Å²) in [6.45, 7) is 1.99. The first-order chi connectivity index (χ1) is 7.98. The van der Waals surface area contributed by atoms with Gasteiger partial charge in [0, 0.05) is 30.0 Å². The van der Waals surface area contributed by atoms with Gasteiger partial charge in [0.15, 0.2) is 0 Å². The largest absolute Gasteiger partial charge is 0.378 e. The van der Waals surface area contributed by atoms with Gasteiger partial charge in [-0.05, 0) is 6.07 Å². The summed E-state index contributed by atoms with van der Waals surface area (Å²) in [7, 11) is 1.37. The van der Waals surface area contributed by atoms with Crippen LogP contribution in [-0.2, 0) is 13.8 Å². The fourth-order valence-electron chi connectivity index (χ4n) is 1.58. The fourth-order valence-corrected chi connectivity index (χ4v) is 2.30. The zero-order chi connectivity index (χ0) is 12.5. The van der Waals surface area contributed by atoms with Gasteiger partial charge < -0.3 is 14.6 Å². The minimum Gasteiger partial charge on any atom is -0.378 e. The van der Waals surface area contributed by atoms with E-state index in [-0.39, 0.29) is 16.5 Å². The molecule has 0 aliphatic carbocycles. The summed E-state index contributed by atoms with van der Waals surface area (Å²) in [6.07, 6.45) is 1.20. The van der Waals surface area contributed by atoms with Gasteiger partial charge in [-0.1, -0.05) is 0 Å². The van der Waals surface area contributed by atoms with E-state index in [1.54, 1.807) is 4.90 Å². The van der Waals surface area contributed by atoms with Crippen molar-refractivity contribution in [1.29, 1.82) is 0 Å². The number of nitrogens with zero attached hydrogens (tertiary/aromatic N) is 1. The molecule has 0 aromatic carbocycles. The number of halogens is 1. The number of aromatic amines is 1. The molecule has 0 saturated carbocycles. The van der Waals surface area contributed by atoms with E-state index >= 15 is 0 Å². The quantitative estimate of drug-likeness (QED) is 0.795. The number of carbonyl (C=O) groups excluding carboxylic acids is 1. The molecule has 1 N–H and O–H groups in total. The smallest absolute Gasteiger partial charge is 0.270 e. The molecular weight excluding hydrogens is 268 g/mol. The second-order valence-electron chi connectivity index (χ2n) is 3.59. The van der Waals surface area contributed by atoms with Crippen LogP contribution in [0.4, 0.5) is 0 Å². The van der Waals surface area contributed by atoms with Gasteiger partial charge in [0.05, 0.1) is 13.2 Å². The maximum absolute atomic E-state index is 11.9. The van der Waals surface area contributed by atoms with E-state index in [0.29, 0.717) is 26.3 Å². The Kier molecular flexibility index (Phi) is 3.41. The zero-order valence-corrected chi connectivity index (χ0v) is 10.4. The second-order valence-corrected chi connectivity index (χ2v) is 6.16. The lowest BCUT2D eigenvalue weighted by atomic mass is 10.3. The molecule has 0 spiro atoms. The molecule has 1 aromatic heterocycles. The molecule has 2 rings (SSSR count). The van der Waals surface area contributed by atoms with Gasteiger partial charge in [0.1, 0.15) is 10.6 Å². The molecule has 94 valence electrons. The van der Waals surface area contributed by atoms with Gasteiger partial charge in [0.2, 0.25) is 0 Å². The summed E-state index contributed by atoms with van der Waals surface area (Å²) >= 11 is 0. The van der Waals surface area contributed by atoms with Gasteiger partial charge in [-0.2, -0.15) is 0 Å². The minimum atomic E-state index is -3.80. The summed E-state index contributed by atoms with van der Waals surface area (Å²) < 4.78 is 27.2. The van der Waals surface area contributed by atoms with E-state index in [9.17, 15) is 13.2 Å². The highest BCUT2D eigenvalue weighted by molar-refractivity contribution is 8.13. The summed E-state index contributed by atoms with van der Waals surface area (Å²) in [5, 5.41) is 0. The molecule has 1 fully saturated rings. The van der Waals surface area contributed by atoms with Crippen LogP contribution in [0.1, 0.15) is 10.5 Å². The summed E-state index contributed by atoms with van der Waals surface area (Å²) in [6, 6.07) is 1.24. The van der Waals surface area contributed by atoms with Crippen LogP contribution in [0.2, 0.25) is 0 Å². The molecule has 1 aliphatic rings. The molecular formula is C9H11ClN2O4S. The van der Waals surface area contributed by atoms with Crippen LogP contribution < -0.4 is 0 Å². The van der Waals surface area contributed by atoms with E-state index < -0.39 is 9.05 Å². The van der Waals surface area contributed by atoms with Gasteiger partial charge >= 0.3 is 0 Å². The second kappa shape index (κ2) is 4.67. The van der Waals surface area contributed by atoms with Crippen LogP contribution in [-0.4, -0.2) is 50.5 Å². The normalized spacial score (nSPS) is 17.1. The predicted octanol–water partition coefficient (Wildman–Crippen LogP) is 0.415. The van der Waals surface area contributed by atoms with Gasteiger partial charge in [0.25, 0.3) is 15.0 Å². The number of hydrogen-bond donors (Lipinski definition) is 1. The Balaban J connectivity index is 2.17. The molecule has 8 heteroatoms. The van der Waals surface area contributed by atoms with E-state index in [0.717, 1.165) is 0 Å². The standard InChI is InChI=1S/C9H11ClN2O4S/c10-17(14,15)7-5-8(11-6-7)9(13)12-1-3-16-4-2-12/h5-6,11H,1-4H2. The third kappa shape index (κ3) is 2.80. The summed E-state index contributed by atoms with van der Waals surface area (Å²) in [4.78, 5) is 16.1. The van der Waals surface area contributed by atoms with Gasteiger partial charge in [-0.3, -0.25) is 4.79 Å². The Morgan fingerprint density at radius 2 is 2.06 bits per heavy atom. The first-order valence-electron chi connectivity index (χ1n) is 4.98. The number of carbonyl (C=O) groups is 1. The van der Waals surface area contributed by atoms with Crippen molar-refractivity contribution >= 4 is 25.6 Å². The van der Waals surface area contributed by atoms with Crippen molar-refractivity contribution in [3.05, 3.63) is 18.0 Å². The van der Waals surface area contributed by atoms with Crippen LogP contribution in [0.3, 0.4) is 0 Å². The van der Waals surface area contributed by atoms with E-state index in [4.69, 9.17) is 15.4 Å². The third-order valence-electron chi connectivity index (χ3n) is 2.47. The number of aromatic nitrogens is 1. The first kappa shape index (κ1) is 12.4. The van der Waals surface area contributed by atoms with Crippen molar-refractivity contribution in [2.24, 2.45) is 0 Å². The summed E-state index contributed by atoms with van der Waals surface area (Å²) in [5.41, 5.74) is 0.214. The number of H-pyrrole nitrogens is 1. The molecule has 1 aromatic rings. The van der Waals surface area contributed by atoms with Crippen LogP contribution in [0.15, 0.2) is 17.2 Å². The zero-order valence-electron chi connectivity index (χ0n) is 8.85. The average molecular weight is 279 g/mol. The monoisotopic (exact) mass is 278 g/mol. The molecule has 0 unspecified atom stereocenters. The molecule has 0 bridgehead atoms. The Labute approximate surface area is 103 Å². The lowest BCUT2D eigenvalue weighted by Gasteiger charge is -2.26. The van der Waals surface area contributed by atoms with Crippen molar-refractivity contribution in [3.63, 3.8) is 0 Å². The molecule has 0 radical (unpaired) electrons. The lowest BCUT2D eigenvalue weighted by molar-refractivity contribution is 0.0299. The van der Waals surface area contributed by atoms with Crippen LogP contribution >= 0.6 is 10.7 Å². The topological polar surface area (TPSA) is 79.5 Å². The predicted molar refractivity (Wildman–Crippen MR) is 60.6 cm³/mol. The Morgan fingerprint density at radius 1 is 1.41 bits per heavy atom. The maximum Gasteiger partial charge on any atom is 0.270 e. The highest BCUT2D eigenvalue weighted by Gasteiger charge is 2.21. The summed E-state index contributed by atoms with van der Waals surface area (Å²) in [5.74, 6) is -0.250. The van der Waals surface area contributed by atoms with Gasteiger partial charge in [-0.25, -0.2) is 8.42 Å². The molecule has 2 heterocycles. The molecule has 1 aliphatic heterocycles. The first-order valence-corrected chi connectivity index (χ1v) is 7.29. The van der Waals surface area contributed by atoms with Crippen LogP contribution in [0, 0.1) is 0 Å².